The van der Waals surface area contributed by atoms with Crippen molar-refractivity contribution in [1.29, 1.82) is 0 Å². The van der Waals surface area contributed by atoms with Crippen LogP contribution in [0.2, 0.25) is 0 Å². The van der Waals surface area contributed by atoms with Gasteiger partial charge < -0.3 is 10.8 Å². The quantitative estimate of drug-likeness (QED) is 0.740. The largest absolute Gasteiger partial charge is 0.480 e. The fourth-order valence-electron chi connectivity index (χ4n) is 1.89. The van der Waals surface area contributed by atoms with E-state index < -0.39 is 22.1 Å². The summed E-state index contributed by atoms with van der Waals surface area (Å²) in [5.74, 6) is -1.00. The smallest absolute Gasteiger partial charge is 0.325 e. The maximum absolute atomic E-state index is 10.7. The van der Waals surface area contributed by atoms with Gasteiger partial charge in [-0.3, -0.25) is 9.35 Å². The van der Waals surface area contributed by atoms with Gasteiger partial charge in [-0.15, -0.1) is 0 Å². The lowest BCUT2D eigenvalue weighted by molar-refractivity contribution is -0.138. The van der Waals surface area contributed by atoms with Gasteiger partial charge in [0.2, 0.25) is 0 Å². The van der Waals surface area contributed by atoms with Crippen LogP contribution in [0.1, 0.15) is 22.7 Å². The van der Waals surface area contributed by atoms with Crippen LogP contribution in [0, 0.1) is 13.8 Å². The molecule has 0 radical (unpaired) electrons. The van der Waals surface area contributed by atoms with Gasteiger partial charge in [0.25, 0.3) is 10.1 Å². The Morgan fingerprint density at radius 1 is 1.09 bits per heavy atom. The first-order chi connectivity index (χ1) is 10.6. The van der Waals surface area contributed by atoms with Crippen LogP contribution in [0.5, 0.6) is 0 Å². The highest BCUT2D eigenvalue weighted by molar-refractivity contribution is 7.85. The lowest BCUT2D eigenvalue weighted by Gasteiger charge is -2.04. The van der Waals surface area contributed by atoms with Gasteiger partial charge in [-0.05, 0) is 31.0 Å². The van der Waals surface area contributed by atoms with Crippen molar-refractivity contribution in [3.63, 3.8) is 0 Å². The average Bonchev–Trinajstić information content (AvgIpc) is 2.46. The number of hydrogen-bond acceptors (Lipinski definition) is 4. The molecule has 7 heteroatoms. The Kier molecular flexibility index (Phi) is 6.44. The molecule has 0 heterocycles. The van der Waals surface area contributed by atoms with Gasteiger partial charge >= 0.3 is 5.97 Å². The molecule has 0 aliphatic rings. The molecule has 0 aliphatic carbocycles. The fourth-order valence-corrected chi connectivity index (χ4v) is 2.60. The van der Waals surface area contributed by atoms with Gasteiger partial charge in [0, 0.05) is 0 Å². The van der Waals surface area contributed by atoms with E-state index in [-0.39, 0.29) is 4.90 Å². The van der Waals surface area contributed by atoms with Crippen LogP contribution in [0.15, 0.2) is 53.4 Å². The normalized spacial score (nSPS) is 12.0. The van der Waals surface area contributed by atoms with Crippen molar-refractivity contribution in [2.24, 2.45) is 5.73 Å². The highest BCUT2D eigenvalue weighted by atomic mass is 32.2. The van der Waals surface area contributed by atoms with Crippen molar-refractivity contribution < 1.29 is 22.9 Å². The predicted octanol–water partition coefficient (Wildman–Crippen LogP) is 2.32. The van der Waals surface area contributed by atoms with E-state index in [2.05, 4.69) is 0 Å². The van der Waals surface area contributed by atoms with Gasteiger partial charge in [-0.1, -0.05) is 48.0 Å². The molecule has 0 aromatic heterocycles. The van der Waals surface area contributed by atoms with E-state index in [1.165, 1.54) is 6.07 Å². The minimum absolute atomic E-state index is 0.0203. The highest BCUT2D eigenvalue weighted by Gasteiger charge is 2.12. The minimum Gasteiger partial charge on any atom is -0.480 e. The second-order valence-electron chi connectivity index (χ2n) is 4.97. The molecule has 23 heavy (non-hydrogen) atoms. The zero-order valence-corrected chi connectivity index (χ0v) is 13.6. The van der Waals surface area contributed by atoms with E-state index in [0.717, 1.165) is 5.56 Å². The summed E-state index contributed by atoms with van der Waals surface area (Å²) < 4.78 is 30.2. The second kappa shape index (κ2) is 7.87. The van der Waals surface area contributed by atoms with Crippen molar-refractivity contribution in [3.05, 3.63) is 65.2 Å². The molecule has 0 bridgehead atoms. The summed E-state index contributed by atoms with van der Waals surface area (Å²) in [7, 11) is -4.05. The summed E-state index contributed by atoms with van der Waals surface area (Å²) in [5, 5.41) is 8.51. The molecule has 2 rings (SSSR count). The number of carboxylic acids is 1. The van der Waals surface area contributed by atoms with Gasteiger partial charge in [0.05, 0.1) is 4.90 Å². The monoisotopic (exact) mass is 337 g/mol. The molecule has 4 N–H and O–H groups in total. The Morgan fingerprint density at radius 2 is 1.65 bits per heavy atom. The lowest BCUT2D eigenvalue weighted by Crippen LogP contribution is -2.20. The van der Waals surface area contributed by atoms with E-state index in [1.807, 2.05) is 13.0 Å². The molecule has 1 atom stereocenters. The Hall–Kier alpha value is -2.22. The minimum atomic E-state index is -4.05. The topological polar surface area (TPSA) is 118 Å². The van der Waals surface area contributed by atoms with Crippen molar-refractivity contribution in [1.82, 2.24) is 0 Å². The molecular formula is C16H19NO5S. The molecule has 0 fully saturated rings. The molecule has 0 saturated heterocycles. The van der Waals surface area contributed by atoms with Crippen molar-refractivity contribution in [3.8, 4) is 0 Å². The van der Waals surface area contributed by atoms with Crippen molar-refractivity contribution in [2.45, 2.75) is 24.8 Å². The maximum atomic E-state index is 10.7. The van der Waals surface area contributed by atoms with Crippen LogP contribution < -0.4 is 5.73 Å². The van der Waals surface area contributed by atoms with Crippen LogP contribution in [0.25, 0.3) is 0 Å². The Balaban J connectivity index is 0.000000231. The number of aryl methyl sites for hydroxylation is 2. The molecule has 0 spiro atoms. The van der Waals surface area contributed by atoms with Gasteiger partial charge in [0.1, 0.15) is 6.04 Å². The van der Waals surface area contributed by atoms with Gasteiger partial charge in [-0.25, -0.2) is 0 Å². The van der Waals surface area contributed by atoms with Crippen LogP contribution >= 0.6 is 0 Å². The van der Waals surface area contributed by atoms with Crippen molar-refractivity contribution in [2.75, 3.05) is 0 Å². The average molecular weight is 337 g/mol. The first kappa shape index (κ1) is 18.8. The Labute approximate surface area is 135 Å². The molecule has 6 nitrogen and oxygen atoms in total. The molecule has 0 amide bonds. The zero-order valence-electron chi connectivity index (χ0n) is 12.8. The van der Waals surface area contributed by atoms with Crippen LogP contribution in [-0.4, -0.2) is 24.0 Å². The summed E-state index contributed by atoms with van der Waals surface area (Å²) in [6, 6.07) is 12.6. The van der Waals surface area contributed by atoms with Crippen LogP contribution in [0.4, 0.5) is 0 Å². The predicted molar refractivity (Wildman–Crippen MR) is 86.7 cm³/mol. The van der Waals surface area contributed by atoms with Crippen molar-refractivity contribution >= 4 is 16.1 Å². The third-order valence-corrected chi connectivity index (χ3v) is 4.05. The summed E-state index contributed by atoms with van der Waals surface area (Å²) in [5.41, 5.74) is 7.50. The molecular weight excluding hydrogens is 318 g/mol. The third-order valence-electron chi connectivity index (χ3n) is 3.03. The van der Waals surface area contributed by atoms with E-state index >= 15 is 0 Å². The molecule has 0 unspecified atom stereocenters. The molecule has 2 aromatic rings. The number of carboxylic acid groups (broad SMARTS) is 1. The fraction of sp³-hybridized carbons (Fsp3) is 0.188. The third kappa shape index (κ3) is 5.82. The van der Waals surface area contributed by atoms with Crippen LogP contribution in [-0.2, 0) is 14.9 Å². The zero-order chi connectivity index (χ0) is 17.6. The number of nitrogens with two attached hydrogens (primary N) is 1. The van der Waals surface area contributed by atoms with E-state index in [4.69, 9.17) is 15.4 Å². The van der Waals surface area contributed by atoms with E-state index in [0.29, 0.717) is 11.1 Å². The van der Waals surface area contributed by atoms with Gasteiger partial charge in [0.15, 0.2) is 0 Å². The van der Waals surface area contributed by atoms with Crippen LogP contribution in [0.3, 0.4) is 0 Å². The summed E-state index contributed by atoms with van der Waals surface area (Å²) in [6.45, 7) is 3.51. The first-order valence-corrected chi connectivity index (χ1v) is 8.15. The maximum Gasteiger partial charge on any atom is 0.325 e. The van der Waals surface area contributed by atoms with E-state index in [9.17, 15) is 13.2 Å². The summed E-state index contributed by atoms with van der Waals surface area (Å²) in [6.07, 6.45) is 0. The van der Waals surface area contributed by atoms with Gasteiger partial charge in [-0.2, -0.15) is 8.42 Å². The second-order valence-corrected chi connectivity index (χ2v) is 6.36. The molecule has 124 valence electrons. The number of benzene rings is 2. The number of rotatable bonds is 3. The number of aliphatic carboxylic acids is 1. The van der Waals surface area contributed by atoms with E-state index in [1.54, 1.807) is 43.3 Å². The molecule has 2 aromatic carbocycles. The standard InChI is InChI=1S/C8H9NO2.C8H10O3S/c9-7(8(10)11)6-4-2-1-3-5-6;1-6-3-4-8(7(2)5-6)12(9,10)11/h1-5,7H,9H2,(H,10,11);3-5H,1-2H3,(H,9,10,11)/t7-;/m0./s1. The summed E-state index contributed by atoms with van der Waals surface area (Å²) in [4.78, 5) is 10.4. The Bertz CT molecular complexity index is 772. The lowest BCUT2D eigenvalue weighted by atomic mass is 10.1. The SMILES string of the molecule is Cc1ccc(S(=O)(=O)O)c(C)c1.N[C@H](C(=O)O)c1ccccc1. The number of carbonyl (C=O) groups is 1. The number of hydrogen-bond donors (Lipinski definition) is 3. The molecule has 0 saturated carbocycles. The first-order valence-electron chi connectivity index (χ1n) is 6.71. The molecule has 0 aliphatic heterocycles. The summed E-state index contributed by atoms with van der Waals surface area (Å²) >= 11 is 0. The Morgan fingerprint density at radius 3 is 2.09 bits per heavy atom. The highest BCUT2D eigenvalue weighted by Crippen LogP contribution is 2.15.